The van der Waals surface area contributed by atoms with Crippen LogP contribution in [0.25, 0.3) is 0 Å². The summed E-state index contributed by atoms with van der Waals surface area (Å²) < 4.78 is 0. The van der Waals surface area contributed by atoms with E-state index in [9.17, 15) is 4.79 Å². The van der Waals surface area contributed by atoms with Gasteiger partial charge in [0.15, 0.2) is 0 Å². The lowest BCUT2D eigenvalue weighted by atomic mass is 10.6. The van der Waals surface area contributed by atoms with E-state index in [-0.39, 0.29) is 0 Å². The van der Waals surface area contributed by atoms with Crippen LogP contribution in [0.3, 0.4) is 0 Å². The Labute approximate surface area is 72.1 Å². The number of amides is 2. The molecule has 5 nitrogen and oxygen atoms in total. The van der Waals surface area contributed by atoms with Gasteiger partial charge in [-0.1, -0.05) is 11.3 Å². The van der Waals surface area contributed by atoms with Crippen molar-refractivity contribution in [2.24, 2.45) is 0 Å². The normalized spacial score (nSPS) is 10.3. The average molecular weight is 174 g/mol. The van der Waals surface area contributed by atoms with Crippen LogP contribution >= 0.6 is 0 Å². The van der Waals surface area contributed by atoms with Crippen molar-refractivity contribution in [1.29, 1.82) is 0 Å². The molecule has 0 radical (unpaired) electrons. The van der Waals surface area contributed by atoms with Crippen molar-refractivity contribution in [2.75, 3.05) is 21.3 Å². The molecule has 0 spiro atoms. The minimum Gasteiger partial charge on any atom is -0.301 e. The lowest BCUT2D eigenvalue weighted by molar-refractivity contribution is -0.301. The van der Waals surface area contributed by atoms with Crippen molar-refractivity contribution in [3.8, 4) is 0 Å². The van der Waals surface area contributed by atoms with E-state index < -0.39 is 6.03 Å². The monoisotopic (exact) mass is 174 g/mol. The number of carbonyl (C=O) groups excluding carboxylic acids is 1. The highest BCUT2D eigenvalue weighted by Gasteiger charge is 2.15. The lowest BCUT2D eigenvalue weighted by Gasteiger charge is -2.20. The molecule has 12 heavy (non-hydrogen) atoms. The molecule has 2 amide bonds. The molecule has 0 heterocycles. The van der Waals surface area contributed by atoms with Gasteiger partial charge in [0.05, 0.1) is 14.2 Å². The Morgan fingerprint density at radius 2 is 1.83 bits per heavy atom. The number of nitrogens with zero attached hydrogens (tertiary/aromatic N) is 2. The van der Waals surface area contributed by atoms with E-state index in [1.165, 1.54) is 19.1 Å². The van der Waals surface area contributed by atoms with Gasteiger partial charge in [0, 0.05) is 13.2 Å². The molecule has 70 valence electrons. The average Bonchev–Trinajstić information content (AvgIpc) is 2.07. The molecule has 0 saturated heterocycles. The number of carbonyl (C=O) groups is 1. The van der Waals surface area contributed by atoms with Crippen LogP contribution in [-0.2, 0) is 9.68 Å². The third kappa shape index (κ3) is 2.89. The van der Waals surface area contributed by atoms with E-state index >= 15 is 0 Å². The van der Waals surface area contributed by atoms with Crippen LogP contribution in [0.2, 0.25) is 0 Å². The van der Waals surface area contributed by atoms with Crippen LogP contribution in [0.5, 0.6) is 0 Å². The summed E-state index contributed by atoms with van der Waals surface area (Å²) in [7, 11) is 4.31. The summed E-state index contributed by atoms with van der Waals surface area (Å²) in [4.78, 5) is 21.8. The Balaban J connectivity index is 4.15. The summed E-state index contributed by atoms with van der Waals surface area (Å²) >= 11 is 0. The van der Waals surface area contributed by atoms with E-state index in [4.69, 9.17) is 0 Å². The lowest BCUT2D eigenvalue weighted by Crippen LogP contribution is -2.37. The maximum Gasteiger partial charge on any atom is 0.373 e. The van der Waals surface area contributed by atoms with Crippen molar-refractivity contribution in [2.45, 2.75) is 6.92 Å². The molecule has 0 aliphatic carbocycles. The van der Waals surface area contributed by atoms with Crippen LogP contribution in [-0.4, -0.2) is 37.4 Å². The maximum absolute atomic E-state index is 11.2. The first-order chi connectivity index (χ1) is 5.67. The van der Waals surface area contributed by atoms with E-state index in [0.29, 0.717) is 0 Å². The van der Waals surface area contributed by atoms with Crippen molar-refractivity contribution in [3.63, 3.8) is 0 Å². The van der Waals surface area contributed by atoms with Crippen molar-refractivity contribution >= 4 is 6.03 Å². The summed E-state index contributed by atoms with van der Waals surface area (Å²) in [6, 6.07) is -0.391. The highest BCUT2D eigenvalue weighted by molar-refractivity contribution is 5.72. The number of urea groups is 1. The topological polar surface area (TPSA) is 42.0 Å². The molecular formula is C7H14N2O3. The zero-order chi connectivity index (χ0) is 9.56. The van der Waals surface area contributed by atoms with Crippen molar-refractivity contribution in [3.05, 3.63) is 12.3 Å². The molecule has 0 aliphatic heterocycles. The van der Waals surface area contributed by atoms with E-state index in [1.807, 2.05) is 6.92 Å². The van der Waals surface area contributed by atoms with Gasteiger partial charge in [0.1, 0.15) is 0 Å². The van der Waals surface area contributed by atoms with Crippen LogP contribution < -0.4 is 0 Å². The van der Waals surface area contributed by atoms with Crippen molar-refractivity contribution < 1.29 is 14.5 Å². The minimum absolute atomic E-state index is 0.391. The SMILES string of the molecule is CC=CN(C)C(=O)N(OC)OC. The first kappa shape index (κ1) is 10.9. The fraction of sp³-hybridized carbons (Fsp3) is 0.571. The maximum atomic E-state index is 11.2. The number of hydrogen-bond donors (Lipinski definition) is 0. The predicted octanol–water partition coefficient (Wildman–Crippen LogP) is 0.997. The molecule has 0 aromatic rings. The fourth-order valence-electron chi connectivity index (χ4n) is 0.647. The highest BCUT2D eigenvalue weighted by Crippen LogP contribution is 1.97. The second-order valence-electron chi connectivity index (χ2n) is 2.00. The van der Waals surface area contributed by atoms with Gasteiger partial charge < -0.3 is 4.90 Å². The van der Waals surface area contributed by atoms with Crippen LogP contribution in [0, 0.1) is 0 Å². The highest BCUT2D eigenvalue weighted by atomic mass is 16.9. The Kier molecular flexibility index (Phi) is 5.07. The van der Waals surface area contributed by atoms with Gasteiger partial charge in [-0.15, -0.1) is 0 Å². The third-order valence-corrected chi connectivity index (χ3v) is 1.16. The number of allylic oxidation sites excluding steroid dienone is 1. The summed E-state index contributed by atoms with van der Waals surface area (Å²) in [5.41, 5.74) is 0. The van der Waals surface area contributed by atoms with E-state index in [1.54, 1.807) is 19.3 Å². The third-order valence-electron chi connectivity index (χ3n) is 1.16. The van der Waals surface area contributed by atoms with Gasteiger partial charge >= 0.3 is 6.03 Å². The molecule has 0 unspecified atom stereocenters. The molecule has 5 heteroatoms. The second-order valence-corrected chi connectivity index (χ2v) is 2.00. The van der Waals surface area contributed by atoms with Gasteiger partial charge in [-0.3, -0.25) is 0 Å². The van der Waals surface area contributed by atoms with Crippen LogP contribution in [0.1, 0.15) is 6.92 Å². The summed E-state index contributed by atoms with van der Waals surface area (Å²) in [5.74, 6) is 0. The second kappa shape index (κ2) is 5.56. The zero-order valence-corrected chi connectivity index (χ0v) is 7.77. The molecule has 0 aliphatic rings. The van der Waals surface area contributed by atoms with E-state index in [0.717, 1.165) is 5.23 Å². The smallest absolute Gasteiger partial charge is 0.301 e. The summed E-state index contributed by atoms with van der Waals surface area (Å²) in [6.07, 6.45) is 3.34. The number of rotatable bonds is 3. The zero-order valence-electron chi connectivity index (χ0n) is 7.77. The Bertz CT molecular complexity index is 166. The van der Waals surface area contributed by atoms with Crippen LogP contribution in [0.15, 0.2) is 12.3 Å². The molecule has 0 bridgehead atoms. The molecule has 0 rings (SSSR count). The summed E-state index contributed by atoms with van der Waals surface area (Å²) in [5, 5.41) is 0.778. The first-order valence-corrected chi connectivity index (χ1v) is 3.45. The Morgan fingerprint density at radius 1 is 1.33 bits per heavy atom. The first-order valence-electron chi connectivity index (χ1n) is 3.45. The number of hydroxylamine groups is 2. The molecule has 0 N–H and O–H groups in total. The molecule has 0 saturated carbocycles. The van der Waals surface area contributed by atoms with Crippen LogP contribution in [0.4, 0.5) is 4.79 Å². The largest absolute Gasteiger partial charge is 0.373 e. The molecular weight excluding hydrogens is 160 g/mol. The summed E-state index contributed by atoms with van der Waals surface area (Å²) in [6.45, 7) is 1.81. The predicted molar refractivity (Wildman–Crippen MR) is 43.8 cm³/mol. The molecule has 0 atom stereocenters. The van der Waals surface area contributed by atoms with Gasteiger partial charge in [0.25, 0.3) is 0 Å². The fourth-order valence-corrected chi connectivity index (χ4v) is 0.647. The quantitative estimate of drug-likeness (QED) is 0.599. The van der Waals surface area contributed by atoms with Gasteiger partial charge in [-0.05, 0) is 6.92 Å². The standard InChI is InChI=1S/C7H14N2O3/c1-5-6-8(2)7(10)9(11-3)12-4/h5-6H,1-4H3. The van der Waals surface area contributed by atoms with E-state index in [2.05, 4.69) is 9.68 Å². The van der Waals surface area contributed by atoms with Gasteiger partial charge in [0.2, 0.25) is 0 Å². The molecule has 0 aromatic heterocycles. The Morgan fingerprint density at radius 3 is 2.17 bits per heavy atom. The van der Waals surface area contributed by atoms with Gasteiger partial charge in [-0.2, -0.15) is 0 Å². The number of hydrogen-bond acceptors (Lipinski definition) is 3. The Hall–Kier alpha value is -1.07. The molecule has 0 aromatic carbocycles. The molecule has 0 fully saturated rings. The minimum atomic E-state index is -0.391. The van der Waals surface area contributed by atoms with Crippen molar-refractivity contribution in [1.82, 2.24) is 10.1 Å². The van der Waals surface area contributed by atoms with Gasteiger partial charge in [-0.25, -0.2) is 14.5 Å².